The van der Waals surface area contributed by atoms with E-state index in [0.29, 0.717) is 0 Å². The first-order chi connectivity index (χ1) is 9.26. The first-order valence-electron chi connectivity index (χ1n) is 7.71. The molecular formula is C15H26BrN3. The van der Waals surface area contributed by atoms with E-state index in [9.17, 15) is 0 Å². The molecule has 3 nitrogen and oxygen atoms in total. The number of aryl methyl sites for hydroxylation is 2. The van der Waals surface area contributed by atoms with Crippen LogP contribution in [0.2, 0.25) is 0 Å². The van der Waals surface area contributed by atoms with Crippen LogP contribution in [0.3, 0.4) is 0 Å². The summed E-state index contributed by atoms with van der Waals surface area (Å²) < 4.78 is 3.32. The summed E-state index contributed by atoms with van der Waals surface area (Å²) in [5.74, 6) is 0.885. The molecule has 0 amide bonds. The first-order valence-corrected chi connectivity index (χ1v) is 8.50. The Morgan fingerprint density at radius 1 is 1.26 bits per heavy atom. The highest BCUT2D eigenvalue weighted by molar-refractivity contribution is 9.10. The fourth-order valence-electron chi connectivity index (χ4n) is 2.97. The second-order valence-corrected chi connectivity index (χ2v) is 6.30. The zero-order chi connectivity index (χ0) is 13.7. The molecule has 1 aromatic rings. The third-order valence-electron chi connectivity index (χ3n) is 4.14. The van der Waals surface area contributed by atoms with Crippen LogP contribution in [0.1, 0.15) is 57.3 Å². The van der Waals surface area contributed by atoms with E-state index in [1.54, 1.807) is 0 Å². The lowest BCUT2D eigenvalue weighted by Gasteiger charge is -2.21. The van der Waals surface area contributed by atoms with Crippen molar-refractivity contribution >= 4 is 15.9 Å². The Hall–Kier alpha value is -0.350. The molecule has 0 atom stereocenters. The van der Waals surface area contributed by atoms with Gasteiger partial charge < -0.3 is 5.32 Å². The Morgan fingerprint density at radius 2 is 2.00 bits per heavy atom. The lowest BCUT2D eigenvalue weighted by molar-refractivity contribution is 0.340. The van der Waals surface area contributed by atoms with Crippen molar-refractivity contribution in [2.75, 3.05) is 6.54 Å². The van der Waals surface area contributed by atoms with E-state index in [-0.39, 0.29) is 0 Å². The fourth-order valence-corrected chi connectivity index (χ4v) is 3.68. The van der Waals surface area contributed by atoms with E-state index in [1.807, 2.05) is 0 Å². The largest absolute Gasteiger partial charge is 0.311 e. The van der Waals surface area contributed by atoms with E-state index in [1.165, 1.54) is 48.0 Å². The number of aromatic nitrogens is 2. The van der Waals surface area contributed by atoms with Gasteiger partial charge in [0.05, 0.1) is 15.9 Å². The van der Waals surface area contributed by atoms with Crippen molar-refractivity contribution in [3.05, 3.63) is 15.9 Å². The number of halogens is 1. The monoisotopic (exact) mass is 327 g/mol. The Bertz CT molecular complexity index is 394. The van der Waals surface area contributed by atoms with Gasteiger partial charge in [-0.2, -0.15) is 5.10 Å². The molecule has 0 aliphatic heterocycles. The molecule has 2 rings (SSSR count). The summed E-state index contributed by atoms with van der Waals surface area (Å²) >= 11 is 3.71. The van der Waals surface area contributed by atoms with Gasteiger partial charge >= 0.3 is 0 Å². The van der Waals surface area contributed by atoms with Crippen molar-refractivity contribution in [2.24, 2.45) is 5.92 Å². The fraction of sp³-hybridized carbons (Fsp3) is 0.800. The van der Waals surface area contributed by atoms with Crippen LogP contribution in [0.25, 0.3) is 0 Å². The van der Waals surface area contributed by atoms with Crippen LogP contribution in [0.15, 0.2) is 4.47 Å². The van der Waals surface area contributed by atoms with E-state index >= 15 is 0 Å². The van der Waals surface area contributed by atoms with Crippen molar-refractivity contribution < 1.29 is 0 Å². The molecule has 1 fully saturated rings. The second kappa shape index (κ2) is 7.44. The molecule has 0 unspecified atom stereocenters. The van der Waals surface area contributed by atoms with E-state index < -0.39 is 0 Å². The third kappa shape index (κ3) is 3.82. The van der Waals surface area contributed by atoms with Gasteiger partial charge in [-0.05, 0) is 54.6 Å². The minimum absolute atomic E-state index is 0.885. The molecule has 0 bridgehead atoms. The topological polar surface area (TPSA) is 29.9 Å². The molecule has 4 heteroatoms. The Balaban J connectivity index is 1.89. The van der Waals surface area contributed by atoms with Crippen molar-refractivity contribution in [1.29, 1.82) is 0 Å². The standard InChI is InChI=1S/C15H26BrN3/c1-3-13-15(16)14(19(4-2)18-13)11-17-10-12-8-6-5-7-9-12/h12,17H,3-11H2,1-2H3. The van der Waals surface area contributed by atoms with Gasteiger partial charge in [-0.1, -0.05) is 26.2 Å². The summed E-state index contributed by atoms with van der Waals surface area (Å²) in [6.07, 6.45) is 8.07. The number of nitrogens with zero attached hydrogens (tertiary/aromatic N) is 2. The van der Waals surface area contributed by atoms with Crippen molar-refractivity contribution in [1.82, 2.24) is 15.1 Å². The molecule has 1 N–H and O–H groups in total. The first kappa shape index (κ1) is 15.0. The molecule has 1 aromatic heterocycles. The number of rotatable bonds is 6. The molecule has 0 spiro atoms. The van der Waals surface area contributed by atoms with Gasteiger partial charge in [0.2, 0.25) is 0 Å². The van der Waals surface area contributed by atoms with Crippen LogP contribution in [0, 0.1) is 5.92 Å². The van der Waals surface area contributed by atoms with Crippen LogP contribution in [-0.2, 0) is 19.5 Å². The highest BCUT2D eigenvalue weighted by Gasteiger charge is 2.15. The SMILES string of the molecule is CCc1nn(CC)c(CNCC2CCCCC2)c1Br. The highest BCUT2D eigenvalue weighted by Crippen LogP contribution is 2.24. The molecule has 108 valence electrons. The van der Waals surface area contributed by atoms with E-state index in [4.69, 9.17) is 0 Å². The molecule has 1 heterocycles. The minimum atomic E-state index is 0.885. The maximum absolute atomic E-state index is 4.64. The number of hydrogen-bond donors (Lipinski definition) is 1. The summed E-state index contributed by atoms with van der Waals surface area (Å²) in [7, 11) is 0. The van der Waals surface area contributed by atoms with E-state index in [0.717, 1.165) is 32.0 Å². The molecule has 0 radical (unpaired) electrons. The van der Waals surface area contributed by atoms with Gasteiger partial charge in [0.1, 0.15) is 0 Å². The molecule has 19 heavy (non-hydrogen) atoms. The average Bonchev–Trinajstić information content (AvgIpc) is 2.76. The number of nitrogens with one attached hydrogen (secondary N) is 1. The molecule has 0 aromatic carbocycles. The molecule has 1 saturated carbocycles. The van der Waals surface area contributed by atoms with Gasteiger partial charge in [-0.25, -0.2) is 0 Å². The van der Waals surface area contributed by atoms with Gasteiger partial charge in [0, 0.05) is 13.1 Å². The van der Waals surface area contributed by atoms with Crippen molar-refractivity contribution in [3.8, 4) is 0 Å². The predicted octanol–water partition coefficient (Wildman–Crippen LogP) is 3.90. The van der Waals surface area contributed by atoms with Gasteiger partial charge in [-0.3, -0.25) is 4.68 Å². The third-order valence-corrected chi connectivity index (χ3v) is 5.06. The molecule has 1 aliphatic carbocycles. The summed E-state index contributed by atoms with van der Waals surface area (Å²) in [5, 5.41) is 8.28. The van der Waals surface area contributed by atoms with Crippen LogP contribution >= 0.6 is 15.9 Å². The summed E-state index contributed by atoms with van der Waals surface area (Å²) in [6, 6.07) is 0. The molecule has 1 aliphatic rings. The second-order valence-electron chi connectivity index (χ2n) is 5.51. The average molecular weight is 328 g/mol. The molecular weight excluding hydrogens is 302 g/mol. The van der Waals surface area contributed by atoms with Crippen molar-refractivity contribution in [3.63, 3.8) is 0 Å². The smallest absolute Gasteiger partial charge is 0.0767 e. The van der Waals surface area contributed by atoms with Crippen LogP contribution < -0.4 is 5.32 Å². The quantitative estimate of drug-likeness (QED) is 0.858. The summed E-state index contributed by atoms with van der Waals surface area (Å²) in [5.41, 5.74) is 2.48. The van der Waals surface area contributed by atoms with E-state index in [2.05, 4.69) is 44.9 Å². The Morgan fingerprint density at radius 3 is 2.63 bits per heavy atom. The predicted molar refractivity (Wildman–Crippen MR) is 83.3 cm³/mol. The van der Waals surface area contributed by atoms with Crippen LogP contribution in [0.4, 0.5) is 0 Å². The minimum Gasteiger partial charge on any atom is -0.311 e. The summed E-state index contributed by atoms with van der Waals surface area (Å²) in [4.78, 5) is 0. The van der Waals surface area contributed by atoms with Gasteiger partial charge in [0.25, 0.3) is 0 Å². The highest BCUT2D eigenvalue weighted by atomic mass is 79.9. The zero-order valence-corrected chi connectivity index (χ0v) is 13.8. The van der Waals surface area contributed by atoms with Crippen LogP contribution in [0.5, 0.6) is 0 Å². The van der Waals surface area contributed by atoms with Crippen LogP contribution in [-0.4, -0.2) is 16.3 Å². The Kier molecular flexibility index (Phi) is 5.89. The summed E-state index contributed by atoms with van der Waals surface area (Å²) in [6.45, 7) is 7.34. The van der Waals surface area contributed by atoms with Gasteiger partial charge in [-0.15, -0.1) is 0 Å². The zero-order valence-electron chi connectivity index (χ0n) is 12.2. The molecule has 0 saturated heterocycles. The normalized spacial score (nSPS) is 17.0. The lowest BCUT2D eigenvalue weighted by Crippen LogP contribution is -2.25. The van der Waals surface area contributed by atoms with Crippen molar-refractivity contribution in [2.45, 2.75) is 65.5 Å². The lowest BCUT2D eigenvalue weighted by atomic mass is 9.89. The van der Waals surface area contributed by atoms with Gasteiger partial charge in [0.15, 0.2) is 0 Å². The maximum atomic E-state index is 4.64. The Labute approximate surface area is 125 Å². The maximum Gasteiger partial charge on any atom is 0.0767 e. The number of hydrogen-bond acceptors (Lipinski definition) is 2.